The first-order valence-corrected chi connectivity index (χ1v) is 9.40. The SMILES string of the molecule is CNC(=S)/N=C(/Nc1nc(C)cc(C)n1)N1CCN(c2ccccc2)CC1. The molecule has 0 unspecified atom stereocenters. The van der Waals surface area contributed by atoms with E-state index < -0.39 is 0 Å². The Morgan fingerprint density at radius 2 is 1.67 bits per heavy atom. The maximum atomic E-state index is 5.25. The third-order valence-electron chi connectivity index (χ3n) is 4.33. The fourth-order valence-electron chi connectivity index (χ4n) is 3.03. The number of anilines is 2. The normalized spacial score (nSPS) is 14.9. The highest BCUT2D eigenvalue weighted by atomic mass is 32.1. The van der Waals surface area contributed by atoms with Crippen molar-refractivity contribution in [3.8, 4) is 0 Å². The van der Waals surface area contributed by atoms with Crippen LogP contribution in [0, 0.1) is 13.8 Å². The van der Waals surface area contributed by atoms with Crippen molar-refractivity contribution < 1.29 is 0 Å². The van der Waals surface area contributed by atoms with E-state index in [9.17, 15) is 0 Å². The molecule has 0 bridgehead atoms. The number of thiocarbonyl (C=S) groups is 1. The molecule has 8 heteroatoms. The number of nitrogens with zero attached hydrogens (tertiary/aromatic N) is 5. The number of piperazine rings is 1. The molecular weight excluding hydrogens is 358 g/mol. The van der Waals surface area contributed by atoms with Crippen LogP contribution in [0.4, 0.5) is 11.6 Å². The van der Waals surface area contributed by atoms with Crippen molar-refractivity contribution >= 4 is 34.9 Å². The molecule has 0 saturated carbocycles. The van der Waals surface area contributed by atoms with Crippen molar-refractivity contribution in [3.05, 3.63) is 47.8 Å². The summed E-state index contributed by atoms with van der Waals surface area (Å²) in [6.07, 6.45) is 0. The van der Waals surface area contributed by atoms with Gasteiger partial charge in [0, 0.05) is 50.3 Å². The monoisotopic (exact) mass is 383 g/mol. The van der Waals surface area contributed by atoms with Crippen LogP contribution in [0.25, 0.3) is 0 Å². The average Bonchev–Trinajstić information content (AvgIpc) is 2.67. The molecule has 0 spiro atoms. The number of hydrogen-bond donors (Lipinski definition) is 2. The highest BCUT2D eigenvalue weighted by Gasteiger charge is 2.21. The summed E-state index contributed by atoms with van der Waals surface area (Å²) in [5.41, 5.74) is 3.07. The van der Waals surface area contributed by atoms with Crippen LogP contribution >= 0.6 is 12.2 Å². The fourth-order valence-corrected chi connectivity index (χ4v) is 3.11. The molecule has 0 atom stereocenters. The summed E-state index contributed by atoms with van der Waals surface area (Å²) in [7, 11) is 1.77. The van der Waals surface area contributed by atoms with Crippen LogP contribution in [0.1, 0.15) is 11.4 Å². The van der Waals surface area contributed by atoms with Crippen molar-refractivity contribution in [2.75, 3.05) is 43.4 Å². The first-order valence-electron chi connectivity index (χ1n) is 9.00. The van der Waals surface area contributed by atoms with Crippen molar-refractivity contribution in [3.63, 3.8) is 0 Å². The molecule has 0 aliphatic carbocycles. The quantitative estimate of drug-likeness (QED) is 0.468. The molecule has 7 nitrogen and oxygen atoms in total. The van der Waals surface area contributed by atoms with Crippen molar-refractivity contribution in [2.45, 2.75) is 13.8 Å². The van der Waals surface area contributed by atoms with Crippen LogP contribution in [-0.2, 0) is 0 Å². The van der Waals surface area contributed by atoms with E-state index >= 15 is 0 Å². The third-order valence-corrected chi connectivity index (χ3v) is 4.62. The van der Waals surface area contributed by atoms with Gasteiger partial charge in [-0.3, -0.25) is 5.32 Å². The van der Waals surface area contributed by atoms with Gasteiger partial charge in [0.15, 0.2) is 5.11 Å². The molecule has 1 aliphatic heterocycles. The predicted molar refractivity (Wildman–Crippen MR) is 114 cm³/mol. The fraction of sp³-hybridized carbons (Fsp3) is 0.368. The van der Waals surface area contributed by atoms with E-state index in [2.05, 4.69) is 59.7 Å². The highest BCUT2D eigenvalue weighted by molar-refractivity contribution is 7.80. The number of hydrogen-bond acceptors (Lipinski definition) is 4. The van der Waals surface area contributed by atoms with E-state index in [1.807, 2.05) is 26.0 Å². The zero-order valence-electron chi connectivity index (χ0n) is 15.9. The van der Waals surface area contributed by atoms with Crippen molar-refractivity contribution in [1.29, 1.82) is 0 Å². The molecular formula is C19H25N7S. The second-order valence-corrected chi connectivity index (χ2v) is 6.79. The molecule has 1 aliphatic rings. The largest absolute Gasteiger partial charge is 0.368 e. The summed E-state index contributed by atoms with van der Waals surface area (Å²) in [5.74, 6) is 1.21. The molecule has 1 saturated heterocycles. The molecule has 2 aromatic rings. The van der Waals surface area contributed by atoms with Gasteiger partial charge < -0.3 is 15.1 Å². The number of aryl methyl sites for hydroxylation is 2. The van der Waals surface area contributed by atoms with Gasteiger partial charge in [-0.25, -0.2) is 9.97 Å². The lowest BCUT2D eigenvalue weighted by molar-refractivity contribution is 0.385. The zero-order chi connectivity index (χ0) is 19.2. The highest BCUT2D eigenvalue weighted by Crippen LogP contribution is 2.16. The lowest BCUT2D eigenvalue weighted by Gasteiger charge is -2.37. The number of guanidine groups is 1. The van der Waals surface area contributed by atoms with Crippen LogP contribution in [-0.4, -0.2) is 59.2 Å². The van der Waals surface area contributed by atoms with Crippen LogP contribution in [0.3, 0.4) is 0 Å². The van der Waals surface area contributed by atoms with Crippen molar-refractivity contribution in [1.82, 2.24) is 20.2 Å². The minimum absolute atomic E-state index is 0.423. The molecule has 2 heterocycles. The van der Waals surface area contributed by atoms with Crippen LogP contribution < -0.4 is 15.5 Å². The Morgan fingerprint density at radius 1 is 1.04 bits per heavy atom. The van der Waals surface area contributed by atoms with Gasteiger partial charge in [0.25, 0.3) is 0 Å². The summed E-state index contributed by atoms with van der Waals surface area (Å²) >= 11 is 5.25. The Kier molecular flexibility index (Phi) is 6.18. The Balaban J connectivity index is 1.74. The number of nitrogens with one attached hydrogen (secondary N) is 2. The summed E-state index contributed by atoms with van der Waals surface area (Å²) in [6.45, 7) is 7.38. The standard InChI is InChI=1S/C19H25N7S/c1-14-13-15(2)22-17(21-14)23-18(24-19(27)20-3)26-11-9-25(10-12-26)16-7-5-4-6-8-16/h4-8,13H,9-12H2,1-3H3,(H2,20,21,22,23,24,27). The van der Waals surface area contributed by atoms with Crippen LogP contribution in [0.5, 0.6) is 0 Å². The smallest absolute Gasteiger partial charge is 0.229 e. The lowest BCUT2D eigenvalue weighted by atomic mass is 10.2. The van der Waals surface area contributed by atoms with Gasteiger partial charge in [0.2, 0.25) is 11.9 Å². The van der Waals surface area contributed by atoms with Crippen LogP contribution in [0.15, 0.2) is 41.4 Å². The summed E-state index contributed by atoms with van der Waals surface area (Å²) in [5, 5.41) is 6.59. The maximum Gasteiger partial charge on any atom is 0.229 e. The number of aliphatic imine (C=N–C) groups is 1. The van der Waals surface area contributed by atoms with Crippen LogP contribution in [0.2, 0.25) is 0 Å². The lowest BCUT2D eigenvalue weighted by Crippen LogP contribution is -2.51. The third kappa shape index (κ3) is 5.13. The second kappa shape index (κ2) is 8.77. The number of para-hydroxylation sites is 1. The van der Waals surface area contributed by atoms with E-state index in [0.717, 1.165) is 37.6 Å². The van der Waals surface area contributed by atoms with E-state index in [1.165, 1.54) is 5.69 Å². The maximum absolute atomic E-state index is 5.25. The van der Waals surface area contributed by atoms with Gasteiger partial charge in [0.1, 0.15) is 0 Å². The molecule has 1 aromatic heterocycles. The predicted octanol–water partition coefficient (Wildman–Crippen LogP) is 2.19. The van der Waals surface area contributed by atoms with Crippen molar-refractivity contribution in [2.24, 2.45) is 4.99 Å². The molecule has 2 N–H and O–H groups in total. The van der Waals surface area contributed by atoms with E-state index in [4.69, 9.17) is 12.2 Å². The van der Waals surface area contributed by atoms with Gasteiger partial charge in [-0.15, -0.1) is 0 Å². The molecule has 3 rings (SSSR count). The number of rotatable bonds is 2. The molecule has 1 aromatic carbocycles. The Morgan fingerprint density at radius 3 is 2.26 bits per heavy atom. The summed E-state index contributed by atoms with van der Waals surface area (Å²) in [6, 6.07) is 12.4. The van der Waals surface area contributed by atoms with E-state index in [1.54, 1.807) is 7.05 Å². The first kappa shape index (κ1) is 19.0. The van der Waals surface area contributed by atoms with E-state index in [-0.39, 0.29) is 0 Å². The van der Waals surface area contributed by atoms with Gasteiger partial charge >= 0.3 is 0 Å². The number of benzene rings is 1. The second-order valence-electron chi connectivity index (χ2n) is 6.40. The first-order chi connectivity index (χ1) is 13.0. The van der Waals surface area contributed by atoms with Gasteiger partial charge in [0.05, 0.1) is 0 Å². The van der Waals surface area contributed by atoms with Gasteiger partial charge in [-0.05, 0) is 44.3 Å². The Hall–Kier alpha value is -2.74. The topological polar surface area (TPSA) is 68.7 Å². The Bertz CT molecular complexity index is 794. The zero-order valence-corrected chi connectivity index (χ0v) is 16.8. The Labute approximate surface area is 165 Å². The molecule has 27 heavy (non-hydrogen) atoms. The molecule has 0 amide bonds. The minimum atomic E-state index is 0.423. The average molecular weight is 384 g/mol. The summed E-state index contributed by atoms with van der Waals surface area (Å²) < 4.78 is 0. The van der Waals surface area contributed by atoms with Gasteiger partial charge in [-0.2, -0.15) is 4.99 Å². The summed E-state index contributed by atoms with van der Waals surface area (Å²) in [4.78, 5) is 18.0. The molecule has 142 valence electrons. The van der Waals surface area contributed by atoms with E-state index in [0.29, 0.717) is 17.0 Å². The molecule has 0 radical (unpaired) electrons. The van der Waals surface area contributed by atoms with Gasteiger partial charge in [-0.1, -0.05) is 18.2 Å². The number of aromatic nitrogens is 2. The minimum Gasteiger partial charge on any atom is -0.368 e. The molecule has 1 fully saturated rings.